The van der Waals surface area contributed by atoms with Crippen LogP contribution in [0.5, 0.6) is 0 Å². The SMILES string of the molecule is CC1CCCC1CNCc1ccc(Br)c(Br)c1. The van der Waals surface area contributed by atoms with E-state index in [0.717, 1.165) is 33.9 Å². The molecule has 0 saturated heterocycles. The average molecular weight is 361 g/mol. The highest BCUT2D eigenvalue weighted by Gasteiger charge is 2.22. The van der Waals surface area contributed by atoms with Crippen LogP contribution in [0.15, 0.2) is 27.1 Å². The Hall–Kier alpha value is 0.140. The van der Waals surface area contributed by atoms with E-state index in [1.165, 1.54) is 24.8 Å². The van der Waals surface area contributed by atoms with Crippen molar-refractivity contribution in [1.29, 1.82) is 0 Å². The molecule has 1 aliphatic carbocycles. The van der Waals surface area contributed by atoms with Crippen molar-refractivity contribution in [2.45, 2.75) is 32.7 Å². The summed E-state index contributed by atoms with van der Waals surface area (Å²) in [6.07, 6.45) is 4.23. The fraction of sp³-hybridized carbons (Fsp3) is 0.571. The van der Waals surface area contributed by atoms with Crippen molar-refractivity contribution in [3.05, 3.63) is 32.7 Å². The van der Waals surface area contributed by atoms with Gasteiger partial charge in [0.05, 0.1) is 0 Å². The minimum Gasteiger partial charge on any atom is -0.312 e. The largest absolute Gasteiger partial charge is 0.312 e. The number of rotatable bonds is 4. The Morgan fingerprint density at radius 1 is 1.24 bits per heavy atom. The molecular weight excluding hydrogens is 342 g/mol. The maximum absolute atomic E-state index is 3.58. The van der Waals surface area contributed by atoms with Crippen molar-refractivity contribution in [2.75, 3.05) is 6.54 Å². The summed E-state index contributed by atoms with van der Waals surface area (Å²) in [7, 11) is 0. The van der Waals surface area contributed by atoms with Crippen molar-refractivity contribution in [3.63, 3.8) is 0 Å². The first kappa shape index (κ1) is 13.6. The summed E-state index contributed by atoms with van der Waals surface area (Å²) in [5.41, 5.74) is 1.34. The molecule has 1 aromatic carbocycles. The third kappa shape index (κ3) is 3.80. The molecule has 0 aliphatic heterocycles. The first-order valence-electron chi connectivity index (χ1n) is 6.31. The first-order valence-corrected chi connectivity index (χ1v) is 7.90. The van der Waals surface area contributed by atoms with E-state index < -0.39 is 0 Å². The fourth-order valence-corrected chi connectivity index (χ4v) is 3.25. The lowest BCUT2D eigenvalue weighted by molar-refractivity contribution is 0.392. The normalized spacial score (nSPS) is 24.2. The zero-order valence-electron chi connectivity index (χ0n) is 10.2. The maximum Gasteiger partial charge on any atom is 0.0320 e. The molecule has 1 nitrogen and oxygen atoms in total. The van der Waals surface area contributed by atoms with Crippen LogP contribution in [-0.2, 0) is 6.54 Å². The Labute approximate surface area is 121 Å². The van der Waals surface area contributed by atoms with Gasteiger partial charge in [-0.2, -0.15) is 0 Å². The van der Waals surface area contributed by atoms with Gasteiger partial charge in [0, 0.05) is 15.5 Å². The Kier molecular flexibility index (Phi) is 5.07. The molecule has 3 heteroatoms. The van der Waals surface area contributed by atoms with Gasteiger partial charge in [0.15, 0.2) is 0 Å². The van der Waals surface area contributed by atoms with Crippen LogP contribution in [0.4, 0.5) is 0 Å². The molecule has 2 atom stereocenters. The van der Waals surface area contributed by atoms with Crippen LogP contribution >= 0.6 is 31.9 Å². The van der Waals surface area contributed by atoms with Gasteiger partial charge >= 0.3 is 0 Å². The molecular formula is C14H19Br2N. The molecule has 1 fully saturated rings. The molecule has 1 N–H and O–H groups in total. The molecule has 17 heavy (non-hydrogen) atoms. The van der Waals surface area contributed by atoms with E-state index in [1.54, 1.807) is 0 Å². The van der Waals surface area contributed by atoms with Gasteiger partial charge in [0.1, 0.15) is 0 Å². The molecule has 0 spiro atoms. The highest BCUT2D eigenvalue weighted by molar-refractivity contribution is 9.13. The zero-order valence-corrected chi connectivity index (χ0v) is 13.4. The number of benzene rings is 1. The van der Waals surface area contributed by atoms with E-state index in [9.17, 15) is 0 Å². The summed E-state index contributed by atoms with van der Waals surface area (Å²) in [5.74, 6) is 1.79. The van der Waals surface area contributed by atoms with Crippen molar-refractivity contribution in [2.24, 2.45) is 11.8 Å². The molecule has 0 heterocycles. The second kappa shape index (κ2) is 6.35. The molecule has 0 bridgehead atoms. The van der Waals surface area contributed by atoms with Crippen molar-refractivity contribution in [1.82, 2.24) is 5.32 Å². The van der Waals surface area contributed by atoms with Gasteiger partial charge in [-0.3, -0.25) is 0 Å². The Morgan fingerprint density at radius 2 is 2.06 bits per heavy atom. The highest BCUT2D eigenvalue weighted by atomic mass is 79.9. The number of halogens is 2. The Bertz CT molecular complexity index is 378. The quantitative estimate of drug-likeness (QED) is 0.817. The van der Waals surface area contributed by atoms with Crippen LogP contribution in [0.2, 0.25) is 0 Å². The van der Waals surface area contributed by atoms with E-state index in [2.05, 4.69) is 62.3 Å². The summed E-state index contributed by atoms with van der Waals surface area (Å²) in [4.78, 5) is 0. The number of nitrogens with one attached hydrogen (secondary N) is 1. The van der Waals surface area contributed by atoms with Gasteiger partial charge in [-0.15, -0.1) is 0 Å². The molecule has 0 amide bonds. The van der Waals surface area contributed by atoms with Crippen LogP contribution in [0.3, 0.4) is 0 Å². The van der Waals surface area contributed by atoms with E-state index >= 15 is 0 Å². The molecule has 2 rings (SSSR count). The monoisotopic (exact) mass is 359 g/mol. The van der Waals surface area contributed by atoms with Gasteiger partial charge < -0.3 is 5.32 Å². The molecule has 1 aliphatic rings. The van der Waals surface area contributed by atoms with Crippen LogP contribution in [0, 0.1) is 11.8 Å². The number of hydrogen-bond donors (Lipinski definition) is 1. The van der Waals surface area contributed by atoms with Crippen LogP contribution < -0.4 is 5.32 Å². The van der Waals surface area contributed by atoms with E-state index in [4.69, 9.17) is 0 Å². The molecule has 2 unspecified atom stereocenters. The minimum atomic E-state index is 0.883. The topological polar surface area (TPSA) is 12.0 Å². The third-order valence-electron chi connectivity index (χ3n) is 3.76. The average Bonchev–Trinajstić information content (AvgIpc) is 2.70. The lowest BCUT2D eigenvalue weighted by Crippen LogP contribution is -2.23. The molecule has 94 valence electrons. The van der Waals surface area contributed by atoms with E-state index in [0.29, 0.717) is 0 Å². The standard InChI is InChI=1S/C14H19Br2N/c1-10-3-2-4-12(10)9-17-8-11-5-6-13(15)14(16)7-11/h5-7,10,12,17H,2-4,8-9H2,1H3. The molecule has 0 aromatic heterocycles. The van der Waals surface area contributed by atoms with Crippen molar-refractivity contribution >= 4 is 31.9 Å². The summed E-state index contributed by atoms with van der Waals surface area (Å²) < 4.78 is 2.25. The first-order chi connectivity index (χ1) is 8.16. The van der Waals surface area contributed by atoms with Gasteiger partial charge in [0.25, 0.3) is 0 Å². The van der Waals surface area contributed by atoms with Crippen LogP contribution in [0.25, 0.3) is 0 Å². The lowest BCUT2D eigenvalue weighted by Gasteiger charge is -2.16. The Morgan fingerprint density at radius 3 is 2.71 bits per heavy atom. The molecule has 0 radical (unpaired) electrons. The Balaban J connectivity index is 1.79. The summed E-state index contributed by atoms with van der Waals surface area (Å²) in [6, 6.07) is 6.44. The summed E-state index contributed by atoms with van der Waals surface area (Å²) >= 11 is 7.03. The van der Waals surface area contributed by atoms with Gasteiger partial charge in [0.2, 0.25) is 0 Å². The van der Waals surface area contributed by atoms with E-state index in [-0.39, 0.29) is 0 Å². The van der Waals surface area contributed by atoms with Crippen LogP contribution in [0.1, 0.15) is 31.7 Å². The molecule has 1 saturated carbocycles. The smallest absolute Gasteiger partial charge is 0.0320 e. The minimum absolute atomic E-state index is 0.883. The van der Waals surface area contributed by atoms with Crippen molar-refractivity contribution < 1.29 is 0 Å². The third-order valence-corrected chi connectivity index (χ3v) is 5.64. The lowest BCUT2D eigenvalue weighted by atomic mass is 9.98. The van der Waals surface area contributed by atoms with Crippen LogP contribution in [-0.4, -0.2) is 6.54 Å². The predicted molar refractivity (Wildman–Crippen MR) is 80.1 cm³/mol. The van der Waals surface area contributed by atoms with E-state index in [1.807, 2.05) is 0 Å². The van der Waals surface area contributed by atoms with Gasteiger partial charge in [-0.25, -0.2) is 0 Å². The summed E-state index contributed by atoms with van der Waals surface area (Å²) in [6.45, 7) is 4.51. The highest BCUT2D eigenvalue weighted by Crippen LogP contribution is 2.30. The molecule has 1 aromatic rings. The second-order valence-electron chi connectivity index (χ2n) is 5.05. The zero-order chi connectivity index (χ0) is 12.3. The van der Waals surface area contributed by atoms with Gasteiger partial charge in [-0.05, 0) is 74.4 Å². The second-order valence-corrected chi connectivity index (χ2v) is 6.76. The van der Waals surface area contributed by atoms with Crippen molar-refractivity contribution in [3.8, 4) is 0 Å². The predicted octanol–water partition coefficient (Wildman–Crippen LogP) is 4.74. The van der Waals surface area contributed by atoms with Gasteiger partial charge in [-0.1, -0.05) is 25.8 Å². The number of hydrogen-bond acceptors (Lipinski definition) is 1. The maximum atomic E-state index is 3.58. The summed E-state index contributed by atoms with van der Waals surface area (Å²) in [5, 5.41) is 3.58. The fourth-order valence-electron chi connectivity index (χ4n) is 2.58.